The molecule has 4 aromatic rings. The van der Waals surface area contributed by atoms with Gasteiger partial charge in [-0.25, -0.2) is 22.3 Å². The molecule has 210 valence electrons. The molecule has 0 radical (unpaired) electrons. The van der Waals surface area contributed by atoms with Crippen LogP contribution in [0.25, 0.3) is 16.5 Å². The topological polar surface area (TPSA) is 145 Å². The van der Waals surface area contributed by atoms with E-state index in [1.807, 2.05) is 4.72 Å². The summed E-state index contributed by atoms with van der Waals surface area (Å²) >= 11 is 6.57. The van der Waals surface area contributed by atoms with Gasteiger partial charge >= 0.3 is 12.0 Å². The first-order valence-electron chi connectivity index (χ1n) is 11.5. The number of rotatable bonds is 9. The molecule has 0 aliphatic carbocycles. The molecule has 2 heterocycles. The molecule has 2 aromatic carbocycles. The number of halogens is 2. The summed E-state index contributed by atoms with van der Waals surface area (Å²) in [7, 11) is -2.63. The maximum Gasteiger partial charge on any atom is 0.333 e. The third-order valence-corrected chi connectivity index (χ3v) is 8.49. The Balaban J connectivity index is 1.65. The molecule has 0 saturated heterocycles. The first-order chi connectivity index (χ1) is 19.0. The molecule has 0 saturated carbocycles. The van der Waals surface area contributed by atoms with E-state index in [1.165, 1.54) is 54.1 Å². The first-order valence-corrected chi connectivity index (χ1v) is 14.2. The zero-order chi connectivity index (χ0) is 29.0. The summed E-state index contributed by atoms with van der Waals surface area (Å²) in [6, 6.07) is 10.1. The van der Waals surface area contributed by atoms with Gasteiger partial charge < -0.3 is 20.1 Å². The second kappa shape index (κ2) is 11.9. The Morgan fingerprint density at radius 1 is 1.07 bits per heavy atom. The van der Waals surface area contributed by atoms with Crippen molar-refractivity contribution in [3.05, 3.63) is 75.2 Å². The number of ether oxygens (including phenoxy) is 2. The number of hydrogen-bond acceptors (Lipinski definition) is 9. The highest BCUT2D eigenvalue weighted by molar-refractivity contribution is 7.92. The van der Waals surface area contributed by atoms with Gasteiger partial charge in [0.05, 0.1) is 26.8 Å². The molecule has 0 atom stereocenters. The van der Waals surface area contributed by atoms with E-state index in [1.54, 1.807) is 13.1 Å². The Morgan fingerprint density at radius 3 is 2.52 bits per heavy atom. The molecule has 11 nitrogen and oxygen atoms in total. The number of anilines is 2. The van der Waals surface area contributed by atoms with Crippen molar-refractivity contribution < 1.29 is 31.9 Å². The smallest absolute Gasteiger partial charge is 0.333 e. The average molecular weight is 609 g/mol. The van der Waals surface area contributed by atoms with Crippen LogP contribution in [0.2, 0.25) is 4.34 Å². The number of urea groups is 1. The van der Waals surface area contributed by atoms with Crippen LogP contribution in [0.3, 0.4) is 0 Å². The standard InChI is InChI=1S/C25H22ClFN4O7S2/c1-14(32)37-9-10-38-21-12-16(31-8-7-15-11-20(28-2)18(27)13-17(15)24(31)33)3-4-19(21)29-25(34)30-40(35,36)23-6-5-22(26)39-23/h3-8,11-13,28H,9-10H2,1-2H3,(H2,29,30,34). The van der Waals surface area contributed by atoms with Crippen LogP contribution in [0.5, 0.6) is 5.75 Å². The van der Waals surface area contributed by atoms with Crippen molar-refractivity contribution in [1.29, 1.82) is 0 Å². The molecule has 3 N–H and O–H groups in total. The number of amides is 2. The first kappa shape index (κ1) is 28.9. The van der Waals surface area contributed by atoms with Crippen LogP contribution in [0.1, 0.15) is 6.92 Å². The summed E-state index contributed by atoms with van der Waals surface area (Å²) in [5.41, 5.74) is 0.0939. The predicted octanol–water partition coefficient (Wildman–Crippen LogP) is 4.34. The monoisotopic (exact) mass is 608 g/mol. The Bertz CT molecular complexity index is 1770. The normalized spacial score (nSPS) is 11.2. The number of hydrogen-bond donors (Lipinski definition) is 3. The maximum absolute atomic E-state index is 14.4. The molecule has 0 bridgehead atoms. The Labute approximate surface area is 236 Å². The van der Waals surface area contributed by atoms with Crippen LogP contribution in [-0.4, -0.2) is 45.2 Å². The lowest BCUT2D eigenvalue weighted by molar-refractivity contribution is -0.141. The maximum atomic E-state index is 14.4. The second-order valence-electron chi connectivity index (χ2n) is 8.15. The van der Waals surface area contributed by atoms with Crippen molar-refractivity contribution >= 4 is 67.1 Å². The van der Waals surface area contributed by atoms with Gasteiger partial charge in [-0.05, 0) is 47.9 Å². The van der Waals surface area contributed by atoms with Gasteiger partial charge in [0.1, 0.15) is 29.0 Å². The van der Waals surface area contributed by atoms with E-state index in [0.717, 1.165) is 17.4 Å². The van der Waals surface area contributed by atoms with Gasteiger partial charge in [0.15, 0.2) is 0 Å². The minimum atomic E-state index is -4.20. The predicted molar refractivity (Wildman–Crippen MR) is 150 cm³/mol. The average Bonchev–Trinajstić information content (AvgIpc) is 3.34. The van der Waals surface area contributed by atoms with Gasteiger partial charge in [-0.3, -0.25) is 14.2 Å². The van der Waals surface area contributed by atoms with Crippen LogP contribution < -0.4 is 25.7 Å². The van der Waals surface area contributed by atoms with E-state index in [9.17, 15) is 27.2 Å². The van der Waals surface area contributed by atoms with Crippen molar-refractivity contribution in [2.45, 2.75) is 11.1 Å². The molecular weight excluding hydrogens is 587 g/mol. The van der Waals surface area contributed by atoms with Crippen molar-refractivity contribution in [3.8, 4) is 11.4 Å². The number of carbonyl (C=O) groups is 2. The van der Waals surface area contributed by atoms with Crippen LogP contribution >= 0.6 is 22.9 Å². The van der Waals surface area contributed by atoms with E-state index >= 15 is 0 Å². The highest BCUT2D eigenvalue weighted by Gasteiger charge is 2.21. The number of esters is 1. The van der Waals surface area contributed by atoms with Crippen LogP contribution in [0.15, 0.2) is 63.7 Å². The SMILES string of the molecule is CNc1cc2ccn(-c3ccc(NC(=O)NS(=O)(=O)c4ccc(Cl)s4)c(OCCOC(C)=O)c3)c(=O)c2cc1F. The van der Waals surface area contributed by atoms with Gasteiger partial charge in [-0.15, -0.1) is 11.3 Å². The highest BCUT2D eigenvalue weighted by Crippen LogP contribution is 2.29. The fraction of sp³-hybridized carbons (Fsp3) is 0.160. The summed E-state index contributed by atoms with van der Waals surface area (Å²) in [6.45, 7) is 1.01. The minimum absolute atomic E-state index is 0.0417. The lowest BCUT2D eigenvalue weighted by atomic mass is 10.1. The molecule has 40 heavy (non-hydrogen) atoms. The van der Waals surface area contributed by atoms with E-state index in [0.29, 0.717) is 11.1 Å². The summed E-state index contributed by atoms with van der Waals surface area (Å²) in [6.07, 6.45) is 1.50. The summed E-state index contributed by atoms with van der Waals surface area (Å²) in [4.78, 5) is 36.9. The number of carbonyl (C=O) groups excluding carboxylic acids is 2. The fourth-order valence-corrected chi connectivity index (χ4v) is 6.03. The lowest BCUT2D eigenvalue weighted by Gasteiger charge is -2.16. The van der Waals surface area contributed by atoms with Crippen LogP contribution in [0, 0.1) is 5.82 Å². The van der Waals surface area contributed by atoms with Gasteiger partial charge in [0, 0.05) is 26.2 Å². The summed E-state index contributed by atoms with van der Waals surface area (Å²) < 4.78 is 53.1. The third-order valence-electron chi connectivity index (χ3n) is 5.44. The second-order valence-corrected chi connectivity index (χ2v) is 11.8. The van der Waals surface area contributed by atoms with Gasteiger partial charge in [0.25, 0.3) is 15.6 Å². The van der Waals surface area contributed by atoms with Gasteiger partial charge in [-0.2, -0.15) is 0 Å². The zero-order valence-corrected chi connectivity index (χ0v) is 23.4. The molecule has 0 fully saturated rings. The van der Waals surface area contributed by atoms with Crippen LogP contribution in [-0.2, 0) is 19.6 Å². The Kier molecular flexibility index (Phi) is 8.61. The van der Waals surface area contributed by atoms with Crippen molar-refractivity contribution in [1.82, 2.24) is 9.29 Å². The number of aromatic nitrogens is 1. The molecule has 0 aliphatic heterocycles. The van der Waals surface area contributed by atoms with Crippen molar-refractivity contribution in [2.24, 2.45) is 0 Å². The van der Waals surface area contributed by atoms with Crippen LogP contribution in [0.4, 0.5) is 20.6 Å². The molecule has 2 amide bonds. The highest BCUT2D eigenvalue weighted by atomic mass is 35.5. The Hall–Kier alpha value is -4.14. The lowest BCUT2D eigenvalue weighted by Crippen LogP contribution is -2.34. The molecule has 4 rings (SSSR count). The molecule has 0 unspecified atom stereocenters. The van der Waals surface area contributed by atoms with Gasteiger partial charge in [0.2, 0.25) is 0 Å². The minimum Gasteiger partial charge on any atom is -0.488 e. The molecule has 2 aromatic heterocycles. The third kappa shape index (κ3) is 6.52. The number of nitrogens with one attached hydrogen (secondary N) is 3. The quantitative estimate of drug-likeness (QED) is 0.188. The van der Waals surface area contributed by atoms with Crippen molar-refractivity contribution in [2.75, 3.05) is 30.9 Å². The van der Waals surface area contributed by atoms with Crippen molar-refractivity contribution in [3.63, 3.8) is 0 Å². The van der Waals surface area contributed by atoms with E-state index in [-0.39, 0.29) is 44.3 Å². The molecule has 15 heteroatoms. The number of thiophene rings is 1. The number of fused-ring (bicyclic) bond motifs is 1. The number of pyridine rings is 1. The van der Waals surface area contributed by atoms with Gasteiger partial charge in [-0.1, -0.05) is 11.6 Å². The van der Waals surface area contributed by atoms with E-state index < -0.39 is 33.4 Å². The Morgan fingerprint density at radius 2 is 1.85 bits per heavy atom. The summed E-state index contributed by atoms with van der Waals surface area (Å²) in [5, 5.41) is 5.78. The number of nitrogens with zero attached hydrogens (tertiary/aromatic N) is 1. The largest absolute Gasteiger partial charge is 0.488 e. The zero-order valence-electron chi connectivity index (χ0n) is 21.0. The molecule has 0 spiro atoms. The fourth-order valence-electron chi connectivity index (χ4n) is 3.64. The summed E-state index contributed by atoms with van der Waals surface area (Å²) in [5.74, 6) is -1.07. The number of benzene rings is 2. The van der Waals surface area contributed by atoms with E-state index in [4.69, 9.17) is 21.1 Å². The molecular formula is C25H22ClFN4O7S2. The van der Waals surface area contributed by atoms with E-state index in [2.05, 4.69) is 10.6 Å². The number of sulfonamides is 1. The molecule has 0 aliphatic rings.